The Morgan fingerprint density at radius 2 is 1.95 bits per heavy atom. The number of benzene rings is 2. The molecule has 4 nitrogen and oxygen atoms in total. The topological polar surface area (TPSA) is 43.1 Å². The van der Waals surface area contributed by atoms with E-state index in [0.29, 0.717) is 17.0 Å². The molecule has 2 aromatic heterocycles. The molecule has 0 fully saturated rings. The third-order valence-electron chi connectivity index (χ3n) is 3.24. The van der Waals surface area contributed by atoms with Gasteiger partial charge in [0, 0.05) is 15.4 Å². The molecular formula is C15H8BrFN4. The Hall–Kier alpha value is -2.34. The van der Waals surface area contributed by atoms with Gasteiger partial charge in [0.2, 0.25) is 0 Å². The van der Waals surface area contributed by atoms with Gasteiger partial charge >= 0.3 is 0 Å². The summed E-state index contributed by atoms with van der Waals surface area (Å²) in [5, 5.41) is 5.26. The number of rotatable bonds is 1. The normalized spacial score (nSPS) is 11.3. The molecule has 2 heterocycles. The molecule has 102 valence electrons. The van der Waals surface area contributed by atoms with Gasteiger partial charge in [0.1, 0.15) is 12.1 Å². The van der Waals surface area contributed by atoms with Crippen molar-refractivity contribution in [2.24, 2.45) is 0 Å². The second-order valence-corrected chi connectivity index (χ2v) is 5.45. The quantitative estimate of drug-likeness (QED) is 0.527. The molecular weight excluding hydrogens is 335 g/mol. The smallest absolute Gasteiger partial charge is 0.182 e. The van der Waals surface area contributed by atoms with Crippen molar-refractivity contribution in [2.45, 2.75) is 0 Å². The van der Waals surface area contributed by atoms with Crippen molar-refractivity contribution in [1.29, 1.82) is 0 Å². The van der Waals surface area contributed by atoms with Crippen LogP contribution in [0.15, 0.2) is 53.3 Å². The van der Waals surface area contributed by atoms with Gasteiger partial charge in [0.05, 0.1) is 5.52 Å². The van der Waals surface area contributed by atoms with Gasteiger partial charge in [-0.2, -0.15) is 0 Å². The second-order valence-electron chi connectivity index (χ2n) is 4.59. The highest BCUT2D eigenvalue weighted by molar-refractivity contribution is 9.10. The number of para-hydroxylation sites is 1. The van der Waals surface area contributed by atoms with Crippen molar-refractivity contribution in [3.8, 4) is 11.4 Å². The molecule has 0 bridgehead atoms. The predicted octanol–water partition coefficient (Wildman–Crippen LogP) is 3.85. The fourth-order valence-electron chi connectivity index (χ4n) is 2.28. The fourth-order valence-corrected chi connectivity index (χ4v) is 2.75. The number of aromatic nitrogens is 4. The highest BCUT2D eigenvalue weighted by atomic mass is 79.9. The van der Waals surface area contributed by atoms with Crippen LogP contribution in [0.2, 0.25) is 0 Å². The van der Waals surface area contributed by atoms with Crippen LogP contribution < -0.4 is 0 Å². The highest BCUT2D eigenvalue weighted by Crippen LogP contribution is 2.25. The van der Waals surface area contributed by atoms with Crippen LogP contribution in [0, 0.1) is 5.82 Å². The van der Waals surface area contributed by atoms with Crippen molar-refractivity contribution in [2.75, 3.05) is 0 Å². The first kappa shape index (κ1) is 12.4. The van der Waals surface area contributed by atoms with Crippen molar-refractivity contribution in [1.82, 2.24) is 19.6 Å². The number of nitrogens with zero attached hydrogens (tertiary/aromatic N) is 4. The van der Waals surface area contributed by atoms with Crippen LogP contribution in [-0.4, -0.2) is 19.6 Å². The summed E-state index contributed by atoms with van der Waals surface area (Å²) < 4.78 is 15.8. The van der Waals surface area contributed by atoms with Gasteiger partial charge in [-0.05, 0) is 40.2 Å². The summed E-state index contributed by atoms with van der Waals surface area (Å²) >= 11 is 3.47. The van der Waals surface area contributed by atoms with Crippen LogP contribution in [0.4, 0.5) is 4.39 Å². The lowest BCUT2D eigenvalue weighted by Gasteiger charge is -1.99. The van der Waals surface area contributed by atoms with E-state index in [1.807, 2.05) is 18.2 Å². The third kappa shape index (κ3) is 1.99. The molecule has 21 heavy (non-hydrogen) atoms. The molecule has 4 rings (SSSR count). The lowest BCUT2D eigenvalue weighted by atomic mass is 10.2. The Morgan fingerprint density at radius 1 is 1.10 bits per heavy atom. The van der Waals surface area contributed by atoms with E-state index in [1.165, 1.54) is 12.1 Å². The maximum absolute atomic E-state index is 13.3. The van der Waals surface area contributed by atoms with Crippen LogP contribution in [0.25, 0.3) is 27.9 Å². The minimum Gasteiger partial charge on any atom is -0.235 e. The SMILES string of the molecule is Fc1cccc(-c2nc3c4cccc(Br)c4ncn3n2)c1. The zero-order chi connectivity index (χ0) is 14.4. The van der Waals surface area contributed by atoms with Gasteiger partial charge in [0.15, 0.2) is 11.5 Å². The van der Waals surface area contributed by atoms with Crippen molar-refractivity contribution in [3.63, 3.8) is 0 Å². The van der Waals surface area contributed by atoms with E-state index in [1.54, 1.807) is 23.0 Å². The van der Waals surface area contributed by atoms with Crippen LogP contribution in [0.1, 0.15) is 0 Å². The predicted molar refractivity (Wildman–Crippen MR) is 81.4 cm³/mol. The van der Waals surface area contributed by atoms with E-state index in [2.05, 4.69) is 31.0 Å². The van der Waals surface area contributed by atoms with E-state index < -0.39 is 0 Å². The van der Waals surface area contributed by atoms with Gasteiger partial charge in [-0.25, -0.2) is 18.9 Å². The first-order valence-electron chi connectivity index (χ1n) is 6.28. The molecule has 0 unspecified atom stereocenters. The lowest BCUT2D eigenvalue weighted by molar-refractivity contribution is 0.628. The van der Waals surface area contributed by atoms with Crippen molar-refractivity contribution >= 4 is 32.5 Å². The fraction of sp³-hybridized carbons (Fsp3) is 0. The third-order valence-corrected chi connectivity index (χ3v) is 3.88. The molecule has 0 amide bonds. The van der Waals surface area contributed by atoms with E-state index in [9.17, 15) is 4.39 Å². The monoisotopic (exact) mass is 342 g/mol. The standard InChI is InChI=1S/C15H8BrFN4/c16-12-6-2-5-11-13(12)18-8-21-15(11)19-14(20-21)9-3-1-4-10(17)7-9/h1-8H. The van der Waals surface area contributed by atoms with Gasteiger partial charge in [0.25, 0.3) is 0 Å². The molecule has 0 atom stereocenters. The second kappa shape index (κ2) is 4.60. The Morgan fingerprint density at radius 3 is 2.81 bits per heavy atom. The molecule has 0 aliphatic rings. The van der Waals surface area contributed by atoms with Crippen molar-refractivity contribution in [3.05, 3.63) is 59.1 Å². The molecule has 6 heteroatoms. The average molecular weight is 343 g/mol. The van der Waals surface area contributed by atoms with E-state index in [0.717, 1.165) is 15.4 Å². The largest absolute Gasteiger partial charge is 0.235 e. The molecule has 0 radical (unpaired) electrons. The molecule has 2 aromatic carbocycles. The molecule has 0 aliphatic heterocycles. The minimum absolute atomic E-state index is 0.308. The van der Waals surface area contributed by atoms with Gasteiger partial charge in [-0.3, -0.25) is 0 Å². The Balaban J connectivity index is 2.02. The Labute approximate surface area is 127 Å². The van der Waals surface area contributed by atoms with Gasteiger partial charge < -0.3 is 0 Å². The van der Waals surface area contributed by atoms with Crippen LogP contribution in [0.5, 0.6) is 0 Å². The maximum atomic E-state index is 13.3. The molecule has 0 saturated carbocycles. The molecule has 0 aliphatic carbocycles. The van der Waals surface area contributed by atoms with E-state index in [-0.39, 0.29) is 5.82 Å². The van der Waals surface area contributed by atoms with Crippen LogP contribution in [-0.2, 0) is 0 Å². The molecule has 0 spiro atoms. The number of fused-ring (bicyclic) bond motifs is 3. The maximum Gasteiger partial charge on any atom is 0.182 e. The number of halogens is 2. The number of hydrogen-bond acceptors (Lipinski definition) is 3. The molecule has 4 aromatic rings. The molecule has 0 N–H and O–H groups in total. The summed E-state index contributed by atoms with van der Waals surface area (Å²) in [7, 11) is 0. The van der Waals surface area contributed by atoms with Gasteiger partial charge in [-0.1, -0.05) is 18.2 Å². The zero-order valence-corrected chi connectivity index (χ0v) is 12.2. The Bertz CT molecular complexity index is 980. The average Bonchev–Trinajstić information content (AvgIpc) is 2.92. The molecule has 0 saturated heterocycles. The first-order chi connectivity index (χ1) is 10.2. The lowest BCUT2D eigenvalue weighted by Crippen LogP contribution is -1.91. The zero-order valence-electron chi connectivity index (χ0n) is 10.7. The summed E-state index contributed by atoms with van der Waals surface area (Å²) in [5.41, 5.74) is 2.16. The summed E-state index contributed by atoms with van der Waals surface area (Å²) in [6.45, 7) is 0. The summed E-state index contributed by atoms with van der Waals surface area (Å²) in [6, 6.07) is 12.0. The summed E-state index contributed by atoms with van der Waals surface area (Å²) in [4.78, 5) is 8.89. The van der Waals surface area contributed by atoms with E-state index >= 15 is 0 Å². The van der Waals surface area contributed by atoms with E-state index in [4.69, 9.17) is 0 Å². The van der Waals surface area contributed by atoms with Crippen LogP contribution in [0.3, 0.4) is 0 Å². The van der Waals surface area contributed by atoms with Crippen molar-refractivity contribution < 1.29 is 4.39 Å². The summed E-state index contributed by atoms with van der Waals surface area (Å²) in [6.07, 6.45) is 1.61. The summed E-state index contributed by atoms with van der Waals surface area (Å²) in [5.74, 6) is 0.167. The highest BCUT2D eigenvalue weighted by Gasteiger charge is 2.11. The van der Waals surface area contributed by atoms with Crippen LogP contribution >= 0.6 is 15.9 Å². The first-order valence-corrected chi connectivity index (χ1v) is 7.07. The minimum atomic E-state index is -0.308. The number of hydrogen-bond donors (Lipinski definition) is 0. The van der Waals surface area contributed by atoms with Gasteiger partial charge in [-0.15, -0.1) is 5.10 Å². The Kier molecular flexibility index (Phi) is 2.71.